The molecule has 0 radical (unpaired) electrons. The van der Waals surface area contributed by atoms with Crippen molar-refractivity contribution in [3.63, 3.8) is 0 Å². The number of nitrogens with one attached hydrogen (secondary N) is 1. The molecule has 1 aliphatic carbocycles. The van der Waals surface area contributed by atoms with Crippen LogP contribution < -0.4 is 5.32 Å². The first kappa shape index (κ1) is 14.5. The SMILES string of the molecule is CS(=O)(=O)CCCC(CNC1CC1)c1ccccc1. The minimum Gasteiger partial charge on any atom is -0.313 e. The molecule has 1 saturated carbocycles. The van der Waals surface area contributed by atoms with Crippen LogP contribution in [0.15, 0.2) is 30.3 Å². The van der Waals surface area contributed by atoms with Crippen LogP contribution in [0.4, 0.5) is 0 Å². The second-order valence-corrected chi connectivity index (χ2v) is 7.82. The predicted molar refractivity (Wildman–Crippen MR) is 79.2 cm³/mol. The minimum atomic E-state index is -2.84. The Morgan fingerprint density at radius 1 is 1.26 bits per heavy atom. The van der Waals surface area contributed by atoms with E-state index in [0.29, 0.717) is 17.7 Å². The van der Waals surface area contributed by atoms with E-state index in [0.717, 1.165) is 19.4 Å². The molecule has 0 heterocycles. The van der Waals surface area contributed by atoms with Crippen molar-refractivity contribution in [3.05, 3.63) is 35.9 Å². The first-order chi connectivity index (χ1) is 9.04. The molecule has 0 saturated heterocycles. The highest BCUT2D eigenvalue weighted by molar-refractivity contribution is 7.90. The standard InChI is InChI=1S/C15H23NO2S/c1-19(17,18)11-5-8-14(12-16-15-9-10-15)13-6-3-2-4-7-13/h2-4,6-7,14-16H,5,8-12H2,1H3. The van der Waals surface area contributed by atoms with Gasteiger partial charge in [-0.3, -0.25) is 0 Å². The average Bonchev–Trinajstić information content (AvgIpc) is 3.17. The molecule has 1 aromatic carbocycles. The molecule has 106 valence electrons. The largest absolute Gasteiger partial charge is 0.313 e. The van der Waals surface area contributed by atoms with Crippen molar-refractivity contribution in [2.24, 2.45) is 0 Å². The topological polar surface area (TPSA) is 46.2 Å². The van der Waals surface area contributed by atoms with Crippen LogP contribution in [0.25, 0.3) is 0 Å². The van der Waals surface area contributed by atoms with Gasteiger partial charge in [0.15, 0.2) is 0 Å². The maximum absolute atomic E-state index is 11.2. The fourth-order valence-corrected chi connectivity index (χ4v) is 2.99. The van der Waals surface area contributed by atoms with Crippen LogP contribution in [0.2, 0.25) is 0 Å². The highest BCUT2D eigenvalue weighted by Crippen LogP contribution is 2.24. The molecular weight excluding hydrogens is 258 g/mol. The third-order valence-electron chi connectivity index (χ3n) is 3.57. The van der Waals surface area contributed by atoms with E-state index in [-0.39, 0.29) is 0 Å². The van der Waals surface area contributed by atoms with Gasteiger partial charge in [0.1, 0.15) is 9.84 Å². The first-order valence-corrected chi connectivity index (χ1v) is 9.07. The molecule has 3 nitrogen and oxygen atoms in total. The van der Waals surface area contributed by atoms with Crippen LogP contribution in [0.3, 0.4) is 0 Å². The van der Waals surface area contributed by atoms with E-state index in [1.165, 1.54) is 24.7 Å². The van der Waals surface area contributed by atoms with Crippen LogP contribution >= 0.6 is 0 Å². The van der Waals surface area contributed by atoms with Crippen LogP contribution in [0.1, 0.15) is 37.2 Å². The summed E-state index contributed by atoms with van der Waals surface area (Å²) in [5.74, 6) is 0.711. The summed E-state index contributed by atoms with van der Waals surface area (Å²) in [6.45, 7) is 0.957. The zero-order chi connectivity index (χ0) is 13.7. The molecule has 0 amide bonds. The highest BCUT2D eigenvalue weighted by Gasteiger charge is 2.22. The Labute approximate surface area is 116 Å². The summed E-state index contributed by atoms with van der Waals surface area (Å²) in [5, 5.41) is 3.55. The minimum absolute atomic E-state index is 0.291. The zero-order valence-corrected chi connectivity index (χ0v) is 12.3. The molecule has 0 aromatic heterocycles. The highest BCUT2D eigenvalue weighted by atomic mass is 32.2. The molecule has 1 aliphatic rings. The molecule has 19 heavy (non-hydrogen) atoms. The maximum atomic E-state index is 11.2. The normalized spacial score (nSPS) is 17.3. The summed E-state index contributed by atoms with van der Waals surface area (Å²) >= 11 is 0. The zero-order valence-electron chi connectivity index (χ0n) is 11.5. The van der Waals surface area contributed by atoms with E-state index in [9.17, 15) is 8.42 Å². The Hall–Kier alpha value is -0.870. The smallest absolute Gasteiger partial charge is 0.147 e. The summed E-state index contributed by atoms with van der Waals surface area (Å²) < 4.78 is 22.4. The van der Waals surface area contributed by atoms with Crippen molar-refractivity contribution >= 4 is 9.84 Å². The van der Waals surface area contributed by atoms with Gasteiger partial charge in [-0.15, -0.1) is 0 Å². The number of hydrogen-bond acceptors (Lipinski definition) is 3. The van der Waals surface area contributed by atoms with Crippen molar-refractivity contribution in [2.75, 3.05) is 18.6 Å². The van der Waals surface area contributed by atoms with Gasteiger partial charge in [-0.25, -0.2) is 8.42 Å². The molecule has 0 spiro atoms. The average molecular weight is 281 g/mol. The third-order valence-corrected chi connectivity index (χ3v) is 4.60. The Morgan fingerprint density at radius 2 is 1.95 bits per heavy atom. The molecule has 0 bridgehead atoms. The molecule has 0 aliphatic heterocycles. The Morgan fingerprint density at radius 3 is 2.53 bits per heavy atom. The quantitative estimate of drug-likeness (QED) is 0.795. The lowest BCUT2D eigenvalue weighted by Gasteiger charge is -2.18. The van der Waals surface area contributed by atoms with E-state index in [4.69, 9.17) is 0 Å². The van der Waals surface area contributed by atoms with Crippen molar-refractivity contribution in [2.45, 2.75) is 37.6 Å². The Kier molecular flexibility index (Phi) is 4.99. The first-order valence-electron chi connectivity index (χ1n) is 7.00. The van der Waals surface area contributed by atoms with E-state index in [1.54, 1.807) is 0 Å². The van der Waals surface area contributed by atoms with Gasteiger partial charge in [0.05, 0.1) is 0 Å². The maximum Gasteiger partial charge on any atom is 0.147 e. The number of hydrogen-bond donors (Lipinski definition) is 1. The molecular formula is C15H23NO2S. The van der Waals surface area contributed by atoms with Gasteiger partial charge < -0.3 is 5.32 Å². The van der Waals surface area contributed by atoms with Crippen LogP contribution in [-0.4, -0.2) is 33.0 Å². The van der Waals surface area contributed by atoms with E-state index in [2.05, 4.69) is 29.6 Å². The fourth-order valence-electron chi connectivity index (χ4n) is 2.30. The number of sulfone groups is 1. The van der Waals surface area contributed by atoms with Gasteiger partial charge >= 0.3 is 0 Å². The van der Waals surface area contributed by atoms with E-state index in [1.807, 2.05) is 6.07 Å². The predicted octanol–water partition coefficient (Wildman–Crippen LogP) is 2.35. The Balaban J connectivity index is 1.89. The van der Waals surface area contributed by atoms with Crippen molar-refractivity contribution in [1.29, 1.82) is 0 Å². The van der Waals surface area contributed by atoms with Gasteiger partial charge in [-0.1, -0.05) is 30.3 Å². The van der Waals surface area contributed by atoms with Gasteiger partial charge in [0.2, 0.25) is 0 Å². The third kappa shape index (κ3) is 5.74. The van der Waals surface area contributed by atoms with Gasteiger partial charge in [0, 0.05) is 24.6 Å². The number of benzene rings is 1. The molecule has 1 aromatic rings. The monoisotopic (exact) mass is 281 g/mol. The van der Waals surface area contributed by atoms with Gasteiger partial charge in [0.25, 0.3) is 0 Å². The van der Waals surface area contributed by atoms with Crippen molar-refractivity contribution in [3.8, 4) is 0 Å². The van der Waals surface area contributed by atoms with Crippen LogP contribution in [0, 0.1) is 0 Å². The molecule has 1 atom stereocenters. The molecule has 4 heteroatoms. The van der Waals surface area contributed by atoms with E-state index >= 15 is 0 Å². The lowest BCUT2D eigenvalue weighted by atomic mass is 9.94. The number of rotatable bonds is 8. The lowest BCUT2D eigenvalue weighted by molar-refractivity contribution is 0.538. The molecule has 1 N–H and O–H groups in total. The summed E-state index contributed by atoms with van der Waals surface area (Å²) in [4.78, 5) is 0. The molecule has 1 unspecified atom stereocenters. The van der Waals surface area contributed by atoms with Crippen LogP contribution in [0.5, 0.6) is 0 Å². The van der Waals surface area contributed by atoms with Gasteiger partial charge in [-0.05, 0) is 37.2 Å². The summed E-state index contributed by atoms with van der Waals surface area (Å²) in [6.07, 6.45) is 5.55. The second-order valence-electron chi connectivity index (χ2n) is 5.56. The van der Waals surface area contributed by atoms with Crippen LogP contribution in [-0.2, 0) is 9.84 Å². The summed E-state index contributed by atoms with van der Waals surface area (Å²) in [7, 11) is -2.84. The molecule has 2 rings (SSSR count). The summed E-state index contributed by atoms with van der Waals surface area (Å²) in [5.41, 5.74) is 1.31. The Bertz CT molecular complexity index is 480. The van der Waals surface area contributed by atoms with Gasteiger partial charge in [-0.2, -0.15) is 0 Å². The second kappa shape index (κ2) is 6.53. The summed E-state index contributed by atoms with van der Waals surface area (Å²) in [6, 6.07) is 11.1. The van der Waals surface area contributed by atoms with E-state index < -0.39 is 9.84 Å². The lowest BCUT2D eigenvalue weighted by Crippen LogP contribution is -2.24. The fraction of sp³-hybridized carbons (Fsp3) is 0.600. The van der Waals surface area contributed by atoms with Crippen molar-refractivity contribution in [1.82, 2.24) is 5.32 Å². The van der Waals surface area contributed by atoms with Crippen molar-refractivity contribution < 1.29 is 8.42 Å². The molecule has 1 fully saturated rings.